The topological polar surface area (TPSA) is 68.6 Å². The van der Waals surface area contributed by atoms with Crippen LogP contribution in [-0.2, 0) is 9.53 Å². The van der Waals surface area contributed by atoms with Crippen LogP contribution in [0.1, 0.15) is 12.8 Å². The molecule has 2 fully saturated rings. The number of piperazine rings is 1. The van der Waals surface area contributed by atoms with E-state index in [1.54, 1.807) is 4.90 Å². The Hall–Kier alpha value is -1.58. The van der Waals surface area contributed by atoms with Crippen LogP contribution in [0, 0.1) is 11.3 Å². The molecule has 1 N–H and O–H groups in total. The molecular weight excluding hydrogens is 256 g/mol. The van der Waals surface area contributed by atoms with Crippen LogP contribution in [0.3, 0.4) is 0 Å². The van der Waals surface area contributed by atoms with Crippen LogP contribution in [0.15, 0.2) is 11.8 Å². The fraction of sp³-hybridized carbons (Fsp3) is 0.714. The minimum atomic E-state index is -0.180. The van der Waals surface area contributed by atoms with Crippen LogP contribution in [0.5, 0.6) is 0 Å². The summed E-state index contributed by atoms with van der Waals surface area (Å²) in [6.45, 7) is 4.53. The minimum Gasteiger partial charge on any atom is -0.387 e. The summed E-state index contributed by atoms with van der Waals surface area (Å²) in [7, 11) is 2.03. The van der Waals surface area contributed by atoms with E-state index in [9.17, 15) is 4.79 Å². The lowest BCUT2D eigenvalue weighted by Crippen LogP contribution is -2.47. The molecule has 2 aliphatic heterocycles. The molecule has 1 unspecified atom stereocenters. The van der Waals surface area contributed by atoms with Gasteiger partial charge < -0.3 is 19.9 Å². The number of rotatable bonds is 4. The predicted molar refractivity (Wildman–Crippen MR) is 74.7 cm³/mol. The summed E-state index contributed by atoms with van der Waals surface area (Å²) in [5.74, 6) is -0.180. The zero-order valence-electron chi connectivity index (χ0n) is 12.0. The Morgan fingerprint density at radius 2 is 2.20 bits per heavy atom. The van der Waals surface area contributed by atoms with Gasteiger partial charge >= 0.3 is 0 Å². The van der Waals surface area contributed by atoms with E-state index in [1.165, 1.54) is 6.20 Å². The molecule has 0 aromatic rings. The van der Waals surface area contributed by atoms with E-state index >= 15 is 0 Å². The summed E-state index contributed by atoms with van der Waals surface area (Å²) in [6, 6.07) is 1.99. The first kappa shape index (κ1) is 14.8. The van der Waals surface area contributed by atoms with E-state index in [0.29, 0.717) is 19.6 Å². The molecule has 0 aliphatic carbocycles. The number of likely N-dealkylation sites (N-methyl/N-ethyl adjacent to an activating group) is 1. The summed E-state index contributed by atoms with van der Waals surface area (Å²) >= 11 is 0. The minimum absolute atomic E-state index is 0.174. The third-order valence-electron chi connectivity index (χ3n) is 3.76. The Kier molecular flexibility index (Phi) is 5.39. The van der Waals surface area contributed by atoms with Crippen molar-refractivity contribution in [1.29, 1.82) is 5.26 Å². The van der Waals surface area contributed by atoms with Gasteiger partial charge in [-0.15, -0.1) is 0 Å². The highest BCUT2D eigenvalue weighted by Gasteiger charge is 2.22. The van der Waals surface area contributed by atoms with E-state index in [4.69, 9.17) is 10.00 Å². The summed E-state index contributed by atoms with van der Waals surface area (Å²) in [5, 5.41) is 12.2. The van der Waals surface area contributed by atoms with Crippen LogP contribution in [0.4, 0.5) is 0 Å². The third kappa shape index (κ3) is 3.95. The summed E-state index contributed by atoms with van der Waals surface area (Å²) in [6.07, 6.45) is 3.85. The molecule has 20 heavy (non-hydrogen) atoms. The van der Waals surface area contributed by atoms with Crippen LogP contribution < -0.4 is 5.32 Å². The highest BCUT2D eigenvalue weighted by molar-refractivity contribution is 5.97. The number of amides is 1. The second kappa shape index (κ2) is 7.27. The maximum Gasteiger partial charge on any atom is 0.266 e. The van der Waals surface area contributed by atoms with E-state index in [-0.39, 0.29) is 17.6 Å². The van der Waals surface area contributed by atoms with Gasteiger partial charge in [-0.2, -0.15) is 5.26 Å². The average Bonchev–Trinajstić information content (AvgIpc) is 2.97. The molecule has 0 bridgehead atoms. The largest absolute Gasteiger partial charge is 0.387 e. The molecule has 0 spiro atoms. The molecule has 2 rings (SSSR count). The Labute approximate surface area is 120 Å². The van der Waals surface area contributed by atoms with Crippen molar-refractivity contribution in [2.75, 3.05) is 46.4 Å². The van der Waals surface area contributed by atoms with Gasteiger partial charge in [0.25, 0.3) is 5.91 Å². The Morgan fingerprint density at radius 3 is 2.80 bits per heavy atom. The summed E-state index contributed by atoms with van der Waals surface area (Å²) < 4.78 is 5.48. The lowest BCUT2D eigenvalue weighted by Gasteiger charge is -2.32. The van der Waals surface area contributed by atoms with Crippen molar-refractivity contribution >= 4 is 5.91 Å². The van der Waals surface area contributed by atoms with E-state index < -0.39 is 0 Å². The molecule has 110 valence electrons. The first-order chi connectivity index (χ1) is 9.70. The van der Waals surface area contributed by atoms with Crippen molar-refractivity contribution in [3.8, 4) is 6.07 Å². The molecule has 2 saturated heterocycles. The van der Waals surface area contributed by atoms with Crippen molar-refractivity contribution in [3.63, 3.8) is 0 Å². The molecule has 0 aromatic carbocycles. The first-order valence-corrected chi connectivity index (χ1v) is 7.14. The van der Waals surface area contributed by atoms with Gasteiger partial charge in [0, 0.05) is 45.5 Å². The number of hydrogen-bond acceptors (Lipinski definition) is 5. The Bertz CT molecular complexity index is 402. The van der Waals surface area contributed by atoms with E-state index in [1.807, 2.05) is 13.1 Å². The van der Waals surface area contributed by atoms with Gasteiger partial charge in [0.1, 0.15) is 11.6 Å². The van der Waals surface area contributed by atoms with Gasteiger partial charge in [0.05, 0.1) is 6.10 Å². The maximum atomic E-state index is 12.2. The predicted octanol–water partition coefficient (Wildman–Crippen LogP) is -0.0635. The zero-order chi connectivity index (χ0) is 14.4. The molecule has 1 amide bonds. The second-order valence-electron chi connectivity index (χ2n) is 5.31. The van der Waals surface area contributed by atoms with Crippen LogP contribution in [0.25, 0.3) is 0 Å². The van der Waals surface area contributed by atoms with E-state index in [2.05, 4.69) is 10.2 Å². The second-order valence-corrected chi connectivity index (χ2v) is 5.31. The lowest BCUT2D eigenvalue weighted by molar-refractivity contribution is -0.128. The highest BCUT2D eigenvalue weighted by atomic mass is 16.5. The van der Waals surface area contributed by atoms with Crippen molar-refractivity contribution in [2.24, 2.45) is 0 Å². The fourth-order valence-electron chi connectivity index (χ4n) is 2.42. The molecule has 0 saturated carbocycles. The fourth-order valence-corrected chi connectivity index (χ4v) is 2.42. The van der Waals surface area contributed by atoms with Crippen molar-refractivity contribution < 1.29 is 9.53 Å². The normalized spacial score (nSPS) is 24.5. The van der Waals surface area contributed by atoms with Crippen LogP contribution in [0.2, 0.25) is 0 Å². The van der Waals surface area contributed by atoms with Gasteiger partial charge in [-0.25, -0.2) is 0 Å². The molecule has 1 atom stereocenters. The SMILES string of the molecule is CN1CCN(C(=O)/C(C#N)=C\NCC2CCCO2)CC1. The summed E-state index contributed by atoms with van der Waals surface area (Å²) in [4.78, 5) is 16.1. The number of nitrogens with one attached hydrogen (secondary N) is 1. The van der Waals surface area contributed by atoms with Crippen LogP contribution >= 0.6 is 0 Å². The smallest absolute Gasteiger partial charge is 0.266 e. The number of carbonyl (C=O) groups excluding carboxylic acids is 1. The Morgan fingerprint density at radius 1 is 1.45 bits per heavy atom. The third-order valence-corrected chi connectivity index (χ3v) is 3.76. The average molecular weight is 278 g/mol. The van der Waals surface area contributed by atoms with Crippen molar-refractivity contribution in [1.82, 2.24) is 15.1 Å². The standard InChI is InChI=1S/C14H22N4O2/c1-17-4-6-18(7-5-17)14(19)12(9-15)10-16-11-13-3-2-8-20-13/h10,13,16H,2-8,11H2,1H3/b12-10-. The highest BCUT2D eigenvalue weighted by Crippen LogP contribution is 2.11. The maximum absolute atomic E-state index is 12.2. The first-order valence-electron chi connectivity index (χ1n) is 7.14. The Balaban J connectivity index is 1.83. The van der Waals surface area contributed by atoms with Gasteiger partial charge in [-0.1, -0.05) is 0 Å². The number of ether oxygens (including phenoxy) is 1. The molecule has 2 aliphatic rings. The number of nitrogens with zero attached hydrogens (tertiary/aromatic N) is 3. The zero-order valence-corrected chi connectivity index (χ0v) is 12.0. The van der Waals surface area contributed by atoms with Gasteiger partial charge in [-0.3, -0.25) is 4.79 Å². The van der Waals surface area contributed by atoms with Gasteiger partial charge in [-0.05, 0) is 19.9 Å². The van der Waals surface area contributed by atoms with Gasteiger partial charge in [0.2, 0.25) is 0 Å². The molecule has 0 aromatic heterocycles. The number of nitriles is 1. The molecule has 0 radical (unpaired) electrons. The summed E-state index contributed by atoms with van der Waals surface area (Å²) in [5.41, 5.74) is 0.174. The molecular formula is C14H22N4O2. The van der Waals surface area contributed by atoms with Crippen molar-refractivity contribution in [2.45, 2.75) is 18.9 Å². The molecule has 6 heteroatoms. The molecule has 6 nitrogen and oxygen atoms in total. The van der Waals surface area contributed by atoms with Crippen molar-refractivity contribution in [3.05, 3.63) is 11.8 Å². The number of hydrogen-bond donors (Lipinski definition) is 1. The number of carbonyl (C=O) groups is 1. The van der Waals surface area contributed by atoms with Crippen LogP contribution in [-0.4, -0.2) is 68.2 Å². The van der Waals surface area contributed by atoms with Gasteiger partial charge in [0.15, 0.2) is 0 Å². The molecule has 2 heterocycles. The van der Waals surface area contributed by atoms with E-state index in [0.717, 1.165) is 32.5 Å². The monoisotopic (exact) mass is 278 g/mol. The lowest BCUT2D eigenvalue weighted by atomic mass is 10.2. The quantitative estimate of drug-likeness (QED) is 0.576.